The Morgan fingerprint density at radius 2 is 1.74 bits per heavy atom. The van der Waals surface area contributed by atoms with E-state index in [2.05, 4.69) is 4.99 Å². The van der Waals surface area contributed by atoms with E-state index in [0.29, 0.717) is 29.5 Å². The number of amides is 1. The average Bonchev–Trinajstić information content (AvgIpc) is 3.05. The number of guanidine groups is 1. The monoisotopic (exact) mass is 395 g/mol. The van der Waals surface area contributed by atoms with Gasteiger partial charge in [-0.05, 0) is 24.3 Å². The van der Waals surface area contributed by atoms with Gasteiger partial charge in [-0.2, -0.15) is 13.4 Å². The standard InChI is InChI=1S/C15H17N5O2.CH4O3S/c1-19(2)13-10(9-21)7-11(20-5-3-4-6-20)8-12(13)14(22)18-15(16)17;1-5(2,3)4/h3-9H,1-2H3,(H4,16,17,18,22);1H3,(H,2,3,4). The number of aliphatic imine (C=N–C) groups is 1. The molecule has 27 heavy (non-hydrogen) atoms. The van der Waals surface area contributed by atoms with Gasteiger partial charge in [0, 0.05) is 37.7 Å². The molecule has 5 N–H and O–H groups in total. The molecule has 0 bridgehead atoms. The van der Waals surface area contributed by atoms with Gasteiger partial charge in [0.1, 0.15) is 0 Å². The first-order chi connectivity index (χ1) is 12.4. The van der Waals surface area contributed by atoms with Gasteiger partial charge in [0.05, 0.1) is 17.5 Å². The van der Waals surface area contributed by atoms with Crippen LogP contribution in [-0.2, 0) is 10.1 Å². The number of nitrogens with zero attached hydrogens (tertiary/aromatic N) is 3. The van der Waals surface area contributed by atoms with Gasteiger partial charge in [-0.3, -0.25) is 14.1 Å². The highest BCUT2D eigenvalue weighted by Gasteiger charge is 2.18. The Kier molecular flexibility index (Phi) is 7.26. The molecule has 11 heteroatoms. The first-order valence-electron chi connectivity index (χ1n) is 7.44. The maximum atomic E-state index is 12.3. The Morgan fingerprint density at radius 1 is 1.22 bits per heavy atom. The summed E-state index contributed by atoms with van der Waals surface area (Å²) in [7, 11) is -0.187. The smallest absolute Gasteiger partial charge is 0.282 e. The number of rotatable bonds is 4. The van der Waals surface area contributed by atoms with Crippen molar-refractivity contribution < 1.29 is 22.6 Å². The second-order valence-electron chi connectivity index (χ2n) is 5.61. The molecule has 0 aliphatic carbocycles. The molecule has 0 atom stereocenters. The quantitative estimate of drug-likeness (QED) is 0.288. The van der Waals surface area contributed by atoms with Gasteiger partial charge in [0.15, 0.2) is 12.2 Å². The lowest BCUT2D eigenvalue weighted by atomic mass is 10.0. The molecule has 1 amide bonds. The normalized spacial score (nSPS) is 10.4. The fourth-order valence-corrected chi connectivity index (χ4v) is 2.23. The zero-order chi connectivity index (χ0) is 20.8. The Labute approximate surface area is 156 Å². The molecule has 0 saturated heterocycles. The summed E-state index contributed by atoms with van der Waals surface area (Å²) in [6.07, 6.45) is 5.05. The topological polar surface area (TPSA) is 161 Å². The van der Waals surface area contributed by atoms with Crippen molar-refractivity contribution in [3.63, 3.8) is 0 Å². The van der Waals surface area contributed by atoms with Gasteiger partial charge < -0.3 is 20.9 Å². The van der Waals surface area contributed by atoms with E-state index in [1.165, 1.54) is 0 Å². The van der Waals surface area contributed by atoms with Gasteiger partial charge >= 0.3 is 0 Å². The van der Waals surface area contributed by atoms with Crippen molar-refractivity contribution in [2.45, 2.75) is 0 Å². The van der Waals surface area contributed by atoms with Crippen LogP contribution in [0, 0.1) is 0 Å². The zero-order valence-electron chi connectivity index (χ0n) is 15.0. The SMILES string of the molecule is CN(C)c1c(C=O)cc(-n2cccc2)cc1C(=O)N=C(N)N.CS(=O)(=O)O. The first kappa shape index (κ1) is 21.9. The number of hydrogen-bond acceptors (Lipinski definition) is 5. The average molecular weight is 395 g/mol. The Hall–Kier alpha value is -3.18. The maximum Gasteiger partial charge on any atom is 0.282 e. The Morgan fingerprint density at radius 3 is 2.15 bits per heavy atom. The number of benzene rings is 1. The fraction of sp³-hybridized carbons (Fsp3) is 0.188. The van der Waals surface area contributed by atoms with E-state index in [1.807, 2.05) is 24.5 Å². The molecule has 0 unspecified atom stereocenters. The van der Waals surface area contributed by atoms with E-state index in [0.717, 1.165) is 0 Å². The molecular weight excluding hydrogens is 374 g/mol. The van der Waals surface area contributed by atoms with Crippen molar-refractivity contribution in [2.24, 2.45) is 16.5 Å². The highest BCUT2D eigenvalue weighted by molar-refractivity contribution is 7.85. The molecule has 0 saturated carbocycles. The van der Waals surface area contributed by atoms with Gasteiger partial charge in [-0.15, -0.1) is 0 Å². The molecule has 0 spiro atoms. The minimum absolute atomic E-state index is 0.256. The third-order valence-electron chi connectivity index (χ3n) is 3.06. The van der Waals surface area contributed by atoms with Crippen LogP contribution >= 0.6 is 0 Å². The number of aldehydes is 1. The third kappa shape index (κ3) is 6.92. The number of nitrogens with two attached hydrogens (primary N) is 2. The molecule has 0 aliphatic rings. The Balaban J connectivity index is 0.000000646. The molecule has 1 aromatic carbocycles. The van der Waals surface area contributed by atoms with E-state index in [4.69, 9.17) is 16.0 Å². The van der Waals surface area contributed by atoms with Crippen molar-refractivity contribution in [3.05, 3.63) is 47.8 Å². The van der Waals surface area contributed by atoms with E-state index in [9.17, 15) is 18.0 Å². The van der Waals surface area contributed by atoms with Crippen LogP contribution in [0.25, 0.3) is 5.69 Å². The highest BCUT2D eigenvalue weighted by atomic mass is 32.2. The van der Waals surface area contributed by atoms with Gasteiger partial charge in [0.2, 0.25) is 0 Å². The minimum atomic E-state index is -3.67. The largest absolute Gasteiger partial charge is 0.376 e. The summed E-state index contributed by atoms with van der Waals surface area (Å²) in [6, 6.07) is 7.04. The summed E-state index contributed by atoms with van der Waals surface area (Å²) in [5.74, 6) is -0.922. The molecule has 2 rings (SSSR count). The summed E-state index contributed by atoms with van der Waals surface area (Å²) in [5.41, 5.74) is 12.3. The molecule has 10 nitrogen and oxygen atoms in total. The molecule has 1 heterocycles. The van der Waals surface area contributed by atoms with E-state index < -0.39 is 16.0 Å². The lowest BCUT2D eigenvalue weighted by Crippen LogP contribution is -2.25. The molecule has 0 fully saturated rings. The van der Waals surface area contributed by atoms with Crippen LogP contribution in [0.1, 0.15) is 20.7 Å². The van der Waals surface area contributed by atoms with Gasteiger partial charge in [-0.25, -0.2) is 0 Å². The van der Waals surface area contributed by atoms with Crippen LogP contribution in [0.5, 0.6) is 0 Å². The van der Waals surface area contributed by atoms with Crippen molar-refractivity contribution >= 4 is 34.0 Å². The summed E-state index contributed by atoms with van der Waals surface area (Å²) in [5, 5.41) is 0. The number of anilines is 1. The van der Waals surface area contributed by atoms with Crippen LogP contribution in [-0.4, -0.2) is 56.0 Å². The third-order valence-corrected chi connectivity index (χ3v) is 3.06. The molecular formula is C16H21N5O5S. The lowest BCUT2D eigenvalue weighted by molar-refractivity contribution is 0.100. The summed E-state index contributed by atoms with van der Waals surface area (Å²) >= 11 is 0. The number of carbonyl (C=O) groups is 2. The molecule has 2 aromatic rings. The zero-order valence-corrected chi connectivity index (χ0v) is 15.8. The van der Waals surface area contributed by atoms with Crippen molar-refractivity contribution in [3.8, 4) is 5.69 Å². The van der Waals surface area contributed by atoms with E-state index >= 15 is 0 Å². The minimum Gasteiger partial charge on any atom is -0.376 e. The summed E-state index contributed by atoms with van der Waals surface area (Å²) in [4.78, 5) is 28.9. The first-order valence-corrected chi connectivity index (χ1v) is 9.29. The molecule has 0 aliphatic heterocycles. The molecule has 1 aromatic heterocycles. The van der Waals surface area contributed by atoms with E-state index in [-0.39, 0.29) is 11.5 Å². The Bertz CT molecular complexity index is 938. The number of carbonyl (C=O) groups excluding carboxylic acids is 2. The van der Waals surface area contributed by atoms with Crippen LogP contribution < -0.4 is 16.4 Å². The fourth-order valence-electron chi connectivity index (χ4n) is 2.23. The van der Waals surface area contributed by atoms with E-state index in [1.54, 1.807) is 35.7 Å². The molecule has 0 radical (unpaired) electrons. The number of aromatic nitrogens is 1. The van der Waals surface area contributed by atoms with Crippen LogP contribution in [0.2, 0.25) is 0 Å². The second kappa shape index (κ2) is 8.96. The maximum absolute atomic E-state index is 12.3. The lowest BCUT2D eigenvalue weighted by Gasteiger charge is -2.19. The summed E-state index contributed by atoms with van der Waals surface area (Å²) in [6.45, 7) is 0. The van der Waals surface area contributed by atoms with Crippen LogP contribution in [0.4, 0.5) is 5.69 Å². The van der Waals surface area contributed by atoms with Gasteiger partial charge in [-0.1, -0.05) is 0 Å². The van der Waals surface area contributed by atoms with Crippen LogP contribution in [0.15, 0.2) is 41.7 Å². The number of hydrogen-bond donors (Lipinski definition) is 3. The van der Waals surface area contributed by atoms with Crippen molar-refractivity contribution in [2.75, 3.05) is 25.3 Å². The highest BCUT2D eigenvalue weighted by Crippen LogP contribution is 2.27. The predicted molar refractivity (Wildman–Crippen MR) is 103 cm³/mol. The van der Waals surface area contributed by atoms with Crippen molar-refractivity contribution in [1.29, 1.82) is 0 Å². The van der Waals surface area contributed by atoms with Gasteiger partial charge in [0.25, 0.3) is 16.0 Å². The van der Waals surface area contributed by atoms with Crippen LogP contribution in [0.3, 0.4) is 0 Å². The molecule has 146 valence electrons. The predicted octanol–water partition coefficient (Wildman–Crippen LogP) is 0.273. The summed E-state index contributed by atoms with van der Waals surface area (Å²) < 4.78 is 27.7. The van der Waals surface area contributed by atoms with Crippen molar-refractivity contribution in [1.82, 2.24) is 4.57 Å². The second-order valence-corrected chi connectivity index (χ2v) is 7.07.